The molecule has 5 nitrogen and oxygen atoms in total. The quantitative estimate of drug-likeness (QED) is 0.451. The number of nitrogens with two attached hydrogens (primary N) is 1. The lowest BCUT2D eigenvalue weighted by molar-refractivity contribution is 0.0921. The van der Waals surface area contributed by atoms with Gasteiger partial charge in [-0.15, -0.1) is 0 Å². The van der Waals surface area contributed by atoms with Crippen molar-refractivity contribution in [3.8, 4) is 0 Å². The summed E-state index contributed by atoms with van der Waals surface area (Å²) in [5.41, 5.74) is 2.91. The molecular weight excluding hydrogens is 206 g/mol. The smallest absolute Gasteiger partial charge is 0.301 e. The van der Waals surface area contributed by atoms with Crippen molar-refractivity contribution in [1.29, 1.82) is 0 Å². The fourth-order valence-corrected chi connectivity index (χ4v) is 2.08. The van der Waals surface area contributed by atoms with Gasteiger partial charge < -0.3 is 4.42 Å². The first kappa shape index (κ1) is 11.2. The average molecular weight is 223 g/mol. The lowest BCUT2D eigenvalue weighted by atomic mass is 10.2. The Labute approximate surface area is 94.6 Å². The number of nitrogens with zero attached hydrogens (tertiary/aromatic N) is 1. The number of nitrogen functional groups attached to an aromatic ring is 1. The zero-order valence-corrected chi connectivity index (χ0v) is 9.45. The molecule has 1 aliphatic heterocycles. The van der Waals surface area contributed by atoms with Crippen molar-refractivity contribution >= 4 is 5.91 Å². The van der Waals surface area contributed by atoms with Crippen LogP contribution in [0.2, 0.25) is 0 Å². The number of carbonyl (C=O) groups excluding carboxylic acids is 1. The Bertz CT molecular complexity index is 381. The van der Waals surface area contributed by atoms with E-state index in [0.29, 0.717) is 5.76 Å². The number of hydrogen-bond acceptors (Lipinski definition) is 4. The molecule has 1 aromatic heterocycles. The number of amides is 1. The second kappa shape index (κ2) is 4.67. The van der Waals surface area contributed by atoms with Crippen molar-refractivity contribution in [3.05, 3.63) is 23.2 Å². The van der Waals surface area contributed by atoms with Crippen LogP contribution >= 0.6 is 0 Å². The summed E-state index contributed by atoms with van der Waals surface area (Å²) in [6.45, 7) is 4.84. The fraction of sp³-hybridized carbons (Fsp3) is 0.545. The number of likely N-dealkylation sites (tertiary alicyclic amines) is 1. The van der Waals surface area contributed by atoms with E-state index in [4.69, 9.17) is 10.3 Å². The topological polar surface area (TPSA) is 71.5 Å². The summed E-state index contributed by atoms with van der Waals surface area (Å²) in [5.74, 6) is 5.85. The molecule has 0 aromatic carbocycles. The van der Waals surface area contributed by atoms with Gasteiger partial charge in [0.15, 0.2) is 5.76 Å². The Morgan fingerprint density at radius 3 is 2.88 bits per heavy atom. The molecule has 0 aliphatic carbocycles. The standard InChI is InChI=1S/C11H17N3O2/c1-8-6-9(7-14-4-2-3-5-14)16-10(8)11(15)13-12/h6H,2-5,7,12H2,1H3,(H,13,15). The van der Waals surface area contributed by atoms with Crippen LogP contribution in [-0.2, 0) is 6.54 Å². The highest BCUT2D eigenvalue weighted by atomic mass is 16.4. The van der Waals surface area contributed by atoms with Crippen LogP contribution in [0.15, 0.2) is 10.5 Å². The predicted octanol–water partition coefficient (Wildman–Crippen LogP) is 0.787. The lowest BCUT2D eigenvalue weighted by Crippen LogP contribution is -2.30. The third kappa shape index (κ3) is 2.25. The van der Waals surface area contributed by atoms with Crippen molar-refractivity contribution in [2.75, 3.05) is 13.1 Å². The molecule has 0 saturated carbocycles. The molecule has 0 unspecified atom stereocenters. The van der Waals surface area contributed by atoms with Crippen molar-refractivity contribution in [2.24, 2.45) is 5.84 Å². The Kier molecular flexibility index (Phi) is 3.26. The van der Waals surface area contributed by atoms with E-state index in [1.165, 1.54) is 12.8 Å². The SMILES string of the molecule is Cc1cc(CN2CCCC2)oc1C(=O)NN. The number of furan rings is 1. The molecule has 0 spiro atoms. The second-order valence-electron chi connectivity index (χ2n) is 4.18. The Balaban J connectivity index is 2.07. The third-order valence-corrected chi connectivity index (χ3v) is 2.88. The fourth-order valence-electron chi connectivity index (χ4n) is 2.08. The van der Waals surface area contributed by atoms with Gasteiger partial charge in [-0.1, -0.05) is 0 Å². The highest BCUT2D eigenvalue weighted by Gasteiger charge is 2.18. The van der Waals surface area contributed by atoms with Gasteiger partial charge in [-0.2, -0.15) is 0 Å². The summed E-state index contributed by atoms with van der Waals surface area (Å²) in [4.78, 5) is 13.7. The van der Waals surface area contributed by atoms with E-state index >= 15 is 0 Å². The van der Waals surface area contributed by atoms with Gasteiger partial charge in [-0.25, -0.2) is 5.84 Å². The summed E-state index contributed by atoms with van der Waals surface area (Å²) in [6.07, 6.45) is 2.49. The van der Waals surface area contributed by atoms with E-state index in [9.17, 15) is 4.79 Å². The third-order valence-electron chi connectivity index (χ3n) is 2.88. The molecule has 1 fully saturated rings. The molecule has 1 amide bonds. The largest absolute Gasteiger partial charge is 0.454 e. The molecule has 1 aliphatic rings. The lowest BCUT2D eigenvalue weighted by Gasteiger charge is -2.11. The first-order valence-corrected chi connectivity index (χ1v) is 5.53. The molecule has 2 heterocycles. The monoisotopic (exact) mass is 223 g/mol. The van der Waals surface area contributed by atoms with Crippen molar-refractivity contribution in [2.45, 2.75) is 26.3 Å². The van der Waals surface area contributed by atoms with Gasteiger partial charge in [0, 0.05) is 5.56 Å². The van der Waals surface area contributed by atoms with Crippen molar-refractivity contribution < 1.29 is 9.21 Å². The summed E-state index contributed by atoms with van der Waals surface area (Å²) in [7, 11) is 0. The van der Waals surface area contributed by atoms with E-state index in [1.807, 2.05) is 13.0 Å². The van der Waals surface area contributed by atoms with Gasteiger partial charge in [-0.3, -0.25) is 15.1 Å². The van der Waals surface area contributed by atoms with E-state index in [0.717, 1.165) is 31.0 Å². The Morgan fingerprint density at radius 1 is 1.56 bits per heavy atom. The second-order valence-corrected chi connectivity index (χ2v) is 4.18. The van der Waals surface area contributed by atoms with Crippen molar-refractivity contribution in [3.63, 3.8) is 0 Å². The van der Waals surface area contributed by atoms with Gasteiger partial charge in [0.05, 0.1) is 6.54 Å². The Morgan fingerprint density at radius 2 is 2.25 bits per heavy atom. The number of carbonyl (C=O) groups is 1. The Hall–Kier alpha value is -1.33. The maximum atomic E-state index is 11.3. The number of hydrogen-bond donors (Lipinski definition) is 2. The molecule has 1 saturated heterocycles. The van der Waals surface area contributed by atoms with Crippen LogP contribution < -0.4 is 11.3 Å². The number of aryl methyl sites for hydroxylation is 1. The molecule has 16 heavy (non-hydrogen) atoms. The highest BCUT2D eigenvalue weighted by Crippen LogP contribution is 2.18. The molecule has 0 radical (unpaired) electrons. The number of rotatable bonds is 3. The molecule has 88 valence electrons. The number of hydrazine groups is 1. The van der Waals surface area contributed by atoms with Crippen LogP contribution in [-0.4, -0.2) is 23.9 Å². The molecule has 1 aromatic rings. The van der Waals surface area contributed by atoms with Crippen LogP contribution in [0.25, 0.3) is 0 Å². The summed E-state index contributed by atoms with van der Waals surface area (Å²) in [6, 6.07) is 1.91. The molecule has 0 bridgehead atoms. The maximum absolute atomic E-state index is 11.3. The van der Waals surface area contributed by atoms with E-state index in [-0.39, 0.29) is 5.91 Å². The maximum Gasteiger partial charge on any atom is 0.301 e. The molecular formula is C11H17N3O2. The van der Waals surface area contributed by atoms with Gasteiger partial charge >= 0.3 is 5.91 Å². The van der Waals surface area contributed by atoms with Gasteiger partial charge in [0.1, 0.15) is 5.76 Å². The minimum absolute atomic E-state index is 0.316. The van der Waals surface area contributed by atoms with Crippen LogP contribution in [0.3, 0.4) is 0 Å². The van der Waals surface area contributed by atoms with Crippen LogP contribution in [0.1, 0.15) is 34.7 Å². The molecule has 3 N–H and O–H groups in total. The molecule has 2 rings (SSSR count). The highest BCUT2D eigenvalue weighted by molar-refractivity contribution is 5.92. The first-order chi connectivity index (χ1) is 7.70. The number of nitrogens with one attached hydrogen (secondary N) is 1. The normalized spacial score (nSPS) is 16.6. The van der Waals surface area contributed by atoms with Gasteiger partial charge in [-0.05, 0) is 38.9 Å². The zero-order valence-electron chi connectivity index (χ0n) is 9.45. The van der Waals surface area contributed by atoms with E-state index in [1.54, 1.807) is 0 Å². The predicted molar refractivity (Wildman–Crippen MR) is 59.6 cm³/mol. The van der Waals surface area contributed by atoms with Gasteiger partial charge in [0.2, 0.25) is 0 Å². The average Bonchev–Trinajstić information content (AvgIpc) is 2.88. The van der Waals surface area contributed by atoms with Crippen LogP contribution in [0.5, 0.6) is 0 Å². The minimum atomic E-state index is -0.370. The van der Waals surface area contributed by atoms with E-state index < -0.39 is 0 Å². The van der Waals surface area contributed by atoms with Crippen LogP contribution in [0.4, 0.5) is 0 Å². The van der Waals surface area contributed by atoms with E-state index in [2.05, 4.69) is 10.3 Å². The van der Waals surface area contributed by atoms with Crippen LogP contribution in [0, 0.1) is 6.92 Å². The summed E-state index contributed by atoms with van der Waals surface area (Å²) in [5, 5.41) is 0. The minimum Gasteiger partial charge on any atom is -0.454 e. The summed E-state index contributed by atoms with van der Waals surface area (Å²) < 4.78 is 5.50. The van der Waals surface area contributed by atoms with Crippen molar-refractivity contribution in [1.82, 2.24) is 10.3 Å². The zero-order chi connectivity index (χ0) is 11.5. The molecule has 5 heteroatoms. The molecule has 0 atom stereocenters. The summed E-state index contributed by atoms with van der Waals surface area (Å²) >= 11 is 0. The first-order valence-electron chi connectivity index (χ1n) is 5.53. The van der Waals surface area contributed by atoms with Gasteiger partial charge in [0.25, 0.3) is 0 Å².